The van der Waals surface area contributed by atoms with Crippen molar-refractivity contribution in [3.63, 3.8) is 0 Å². The first-order valence-corrected chi connectivity index (χ1v) is 19.5. The average molecular weight is 707 g/mol. The molecule has 3 amide bonds. The summed E-state index contributed by atoms with van der Waals surface area (Å²) in [5.41, 5.74) is 2.49. The second-order valence-corrected chi connectivity index (χ2v) is 15.6. The predicted molar refractivity (Wildman–Crippen MR) is 192 cm³/mol. The molecule has 0 unspecified atom stereocenters. The number of likely N-dealkylation sites (N-methyl/N-ethyl adjacent to an activating group) is 1. The maximum Gasteiger partial charge on any atom is 0.253 e. The Morgan fingerprint density at radius 2 is 1.51 bits per heavy atom. The van der Waals surface area contributed by atoms with Gasteiger partial charge in [-0.05, 0) is 86.6 Å². The number of carbonyl (C=O) groups excluding carboxylic acids is 3. The SMILES string of the molecule is CCN(C(=O)Cc1ccc(S(C)(=O)=O)cc1)C1CCN(CC[C@H](NC(=O)C2CCN(C(=O)c3ccc(Cl)cc3)CC2)c2ccccc2)CC1. The number of rotatable bonds is 12. The van der Waals surface area contributed by atoms with E-state index in [1.54, 1.807) is 48.5 Å². The molecule has 0 spiro atoms. The minimum Gasteiger partial charge on any atom is -0.349 e. The molecular formula is C38H47ClN4O5S. The fourth-order valence-electron chi connectivity index (χ4n) is 6.95. The second-order valence-electron chi connectivity index (χ2n) is 13.2. The van der Waals surface area contributed by atoms with Crippen LogP contribution in [0.15, 0.2) is 83.8 Å². The Bertz CT molecular complexity index is 1670. The highest BCUT2D eigenvalue weighted by Crippen LogP contribution is 2.25. The normalized spacial score (nSPS) is 17.0. The summed E-state index contributed by atoms with van der Waals surface area (Å²) >= 11 is 5.98. The van der Waals surface area contributed by atoms with Crippen LogP contribution in [0, 0.1) is 5.92 Å². The number of piperidine rings is 2. The molecule has 0 bridgehead atoms. The Balaban J connectivity index is 1.11. The molecule has 3 aromatic rings. The standard InChI is InChI=1S/C38H47ClN4O5S/c1-3-43(36(44)27-28-9-15-34(16-10-28)49(2,47)48)33-19-22-41(23-20-33)24-21-35(29-7-5-4-6-8-29)40-37(45)30-17-25-42(26-18-30)38(46)31-11-13-32(39)14-12-31/h4-16,30,33,35H,3,17-27H2,1-2H3,(H,40,45)/t35-/m0/s1. The van der Waals surface area contributed by atoms with Gasteiger partial charge < -0.3 is 20.0 Å². The van der Waals surface area contributed by atoms with Gasteiger partial charge >= 0.3 is 0 Å². The van der Waals surface area contributed by atoms with E-state index < -0.39 is 9.84 Å². The van der Waals surface area contributed by atoms with E-state index in [-0.39, 0.29) is 47.0 Å². The van der Waals surface area contributed by atoms with Crippen molar-refractivity contribution in [3.05, 3.63) is 101 Å². The summed E-state index contributed by atoms with van der Waals surface area (Å²) in [5.74, 6) is -0.0881. The molecule has 11 heteroatoms. The molecule has 2 saturated heterocycles. The molecule has 0 saturated carbocycles. The number of hydrogen-bond acceptors (Lipinski definition) is 6. The van der Waals surface area contributed by atoms with Gasteiger partial charge in [0.25, 0.3) is 5.91 Å². The smallest absolute Gasteiger partial charge is 0.253 e. The number of benzene rings is 3. The van der Waals surface area contributed by atoms with Gasteiger partial charge in [0.1, 0.15) is 0 Å². The first kappa shape index (κ1) is 36.5. The van der Waals surface area contributed by atoms with Crippen LogP contribution in [-0.2, 0) is 25.8 Å². The lowest BCUT2D eigenvalue weighted by Crippen LogP contribution is -2.48. The van der Waals surface area contributed by atoms with Crippen molar-refractivity contribution in [2.45, 2.75) is 62.4 Å². The van der Waals surface area contributed by atoms with Gasteiger partial charge in [-0.1, -0.05) is 54.1 Å². The van der Waals surface area contributed by atoms with Crippen LogP contribution in [0.1, 0.15) is 66.6 Å². The first-order valence-electron chi connectivity index (χ1n) is 17.2. The van der Waals surface area contributed by atoms with Crippen molar-refractivity contribution in [1.82, 2.24) is 20.0 Å². The molecule has 0 aromatic heterocycles. The topological polar surface area (TPSA) is 107 Å². The Kier molecular flexibility index (Phi) is 12.5. The molecular weight excluding hydrogens is 660 g/mol. The van der Waals surface area contributed by atoms with Crippen LogP contribution in [0.5, 0.6) is 0 Å². The van der Waals surface area contributed by atoms with Crippen molar-refractivity contribution in [2.24, 2.45) is 5.92 Å². The fraction of sp³-hybridized carbons (Fsp3) is 0.447. The number of halogens is 1. The second kappa shape index (κ2) is 16.8. The Hall–Kier alpha value is -3.73. The van der Waals surface area contributed by atoms with Crippen molar-refractivity contribution in [2.75, 3.05) is 45.5 Å². The summed E-state index contributed by atoms with van der Waals surface area (Å²) in [6.45, 7) is 6.27. The minimum absolute atomic E-state index is 0.0332. The van der Waals surface area contributed by atoms with E-state index in [1.807, 2.05) is 34.9 Å². The zero-order chi connectivity index (χ0) is 35.0. The van der Waals surface area contributed by atoms with Crippen molar-refractivity contribution in [3.8, 4) is 0 Å². The van der Waals surface area contributed by atoms with Crippen molar-refractivity contribution < 1.29 is 22.8 Å². The molecule has 9 nitrogen and oxygen atoms in total. The van der Waals surface area contributed by atoms with Crippen molar-refractivity contribution >= 4 is 39.2 Å². The molecule has 1 atom stereocenters. The van der Waals surface area contributed by atoms with E-state index in [0.29, 0.717) is 43.1 Å². The minimum atomic E-state index is -3.28. The van der Waals surface area contributed by atoms with Crippen LogP contribution in [0.2, 0.25) is 5.02 Å². The molecule has 2 aliphatic rings. The summed E-state index contributed by atoms with van der Waals surface area (Å²) < 4.78 is 23.6. The van der Waals surface area contributed by atoms with E-state index in [0.717, 1.165) is 50.0 Å². The number of likely N-dealkylation sites (tertiary alicyclic amines) is 2. The number of hydrogen-bond donors (Lipinski definition) is 1. The highest BCUT2D eigenvalue weighted by Gasteiger charge is 2.31. The third-order valence-corrected chi connectivity index (χ3v) is 11.2. The Morgan fingerprint density at radius 3 is 2.10 bits per heavy atom. The van der Waals surface area contributed by atoms with Gasteiger partial charge in [0.2, 0.25) is 11.8 Å². The maximum atomic E-state index is 13.5. The van der Waals surface area contributed by atoms with Crippen LogP contribution in [0.3, 0.4) is 0 Å². The lowest BCUT2D eigenvalue weighted by atomic mass is 9.94. The lowest BCUT2D eigenvalue weighted by molar-refractivity contribution is -0.133. The predicted octanol–water partition coefficient (Wildman–Crippen LogP) is 5.40. The van der Waals surface area contributed by atoms with Crippen LogP contribution < -0.4 is 5.32 Å². The zero-order valence-electron chi connectivity index (χ0n) is 28.4. The molecule has 2 heterocycles. The van der Waals surface area contributed by atoms with Gasteiger partial charge in [-0.15, -0.1) is 0 Å². The molecule has 49 heavy (non-hydrogen) atoms. The highest BCUT2D eigenvalue weighted by atomic mass is 35.5. The van der Waals surface area contributed by atoms with E-state index in [4.69, 9.17) is 11.6 Å². The molecule has 2 fully saturated rings. The van der Waals surface area contributed by atoms with Crippen LogP contribution >= 0.6 is 11.6 Å². The number of sulfone groups is 1. The van der Waals surface area contributed by atoms with Gasteiger partial charge in [0.15, 0.2) is 9.84 Å². The molecule has 1 N–H and O–H groups in total. The molecule has 3 aromatic carbocycles. The summed E-state index contributed by atoms with van der Waals surface area (Å²) in [5, 5.41) is 3.93. The van der Waals surface area contributed by atoms with E-state index in [1.165, 1.54) is 6.26 Å². The maximum absolute atomic E-state index is 13.5. The summed E-state index contributed by atoms with van der Waals surface area (Å²) in [6, 6.07) is 23.6. The fourth-order valence-corrected chi connectivity index (χ4v) is 7.71. The number of carbonyl (C=O) groups is 3. The van der Waals surface area contributed by atoms with Crippen molar-refractivity contribution in [1.29, 1.82) is 0 Å². The lowest BCUT2D eigenvalue weighted by Gasteiger charge is -2.39. The monoisotopic (exact) mass is 706 g/mol. The average Bonchev–Trinajstić information content (AvgIpc) is 3.11. The zero-order valence-corrected chi connectivity index (χ0v) is 30.0. The van der Waals surface area contributed by atoms with Crippen LogP contribution in [0.4, 0.5) is 0 Å². The van der Waals surface area contributed by atoms with Gasteiger partial charge in [0.05, 0.1) is 17.4 Å². The number of nitrogens with zero attached hydrogens (tertiary/aromatic N) is 3. The van der Waals surface area contributed by atoms with Gasteiger partial charge in [-0.25, -0.2) is 8.42 Å². The van der Waals surface area contributed by atoms with Gasteiger partial charge in [-0.3, -0.25) is 14.4 Å². The Labute approximate surface area is 295 Å². The van der Waals surface area contributed by atoms with E-state index in [2.05, 4.69) is 22.3 Å². The number of nitrogens with one attached hydrogen (secondary N) is 1. The first-order chi connectivity index (χ1) is 23.5. The quantitative estimate of drug-likeness (QED) is 0.271. The van der Waals surface area contributed by atoms with Gasteiger partial charge in [0, 0.05) is 68.1 Å². The summed E-state index contributed by atoms with van der Waals surface area (Å²) in [7, 11) is -3.28. The third-order valence-electron chi connectivity index (χ3n) is 9.86. The molecule has 0 radical (unpaired) electrons. The Morgan fingerprint density at radius 1 is 0.878 bits per heavy atom. The molecule has 262 valence electrons. The molecule has 0 aliphatic carbocycles. The van der Waals surface area contributed by atoms with Crippen LogP contribution in [0.25, 0.3) is 0 Å². The molecule has 2 aliphatic heterocycles. The molecule has 5 rings (SSSR count). The third kappa shape index (κ3) is 9.93. The summed E-state index contributed by atoms with van der Waals surface area (Å²) in [6.07, 6.45) is 5.20. The van der Waals surface area contributed by atoms with Gasteiger partial charge in [-0.2, -0.15) is 0 Å². The number of amides is 3. The van der Waals surface area contributed by atoms with Crippen LogP contribution in [-0.4, -0.2) is 92.4 Å². The van der Waals surface area contributed by atoms with E-state index in [9.17, 15) is 22.8 Å². The summed E-state index contributed by atoms with van der Waals surface area (Å²) in [4.78, 5) is 46.2. The van der Waals surface area contributed by atoms with E-state index >= 15 is 0 Å². The highest BCUT2D eigenvalue weighted by molar-refractivity contribution is 7.90. The largest absolute Gasteiger partial charge is 0.349 e.